The van der Waals surface area contributed by atoms with Crippen LogP contribution in [0.4, 0.5) is 10.3 Å². The molecule has 8 heteroatoms. The second-order valence-corrected chi connectivity index (χ2v) is 7.04. The van der Waals surface area contributed by atoms with E-state index in [1.807, 2.05) is 0 Å². The topological polar surface area (TPSA) is 61.8 Å². The summed E-state index contributed by atoms with van der Waals surface area (Å²) in [4.78, 5) is 25.6. The number of carbonyl (C=O) groups is 1. The molecular formula is C16H24FN5O2. The first-order chi connectivity index (χ1) is 11.4. The van der Waals surface area contributed by atoms with E-state index < -0.39 is 5.82 Å². The highest BCUT2D eigenvalue weighted by atomic mass is 19.1. The van der Waals surface area contributed by atoms with E-state index in [4.69, 9.17) is 4.74 Å². The minimum Gasteiger partial charge on any atom is -0.371 e. The van der Waals surface area contributed by atoms with Gasteiger partial charge in [-0.1, -0.05) is 0 Å². The lowest BCUT2D eigenvalue weighted by Gasteiger charge is -2.51. The third-order valence-corrected chi connectivity index (χ3v) is 4.95. The predicted molar refractivity (Wildman–Crippen MR) is 87.2 cm³/mol. The third kappa shape index (κ3) is 3.34. The summed E-state index contributed by atoms with van der Waals surface area (Å²) in [6.45, 7) is 3.35. The third-order valence-electron chi connectivity index (χ3n) is 4.95. The number of rotatable bonds is 5. The molecule has 2 aliphatic rings. The van der Waals surface area contributed by atoms with E-state index in [1.54, 1.807) is 14.1 Å². The van der Waals surface area contributed by atoms with Gasteiger partial charge in [0.2, 0.25) is 11.9 Å². The lowest BCUT2D eigenvalue weighted by atomic mass is 9.85. The highest BCUT2D eigenvalue weighted by Gasteiger charge is 2.52. The van der Waals surface area contributed by atoms with E-state index in [0.29, 0.717) is 18.5 Å². The molecule has 0 aromatic carbocycles. The standard InChI is InChI=1S/C16H24FN5O2/c1-20(2)14(23)9-24-8-12-4-16(21(3)7-12)10-22(11-16)15-18-5-13(17)6-19-15/h5-6,12H,4,7-11H2,1-3H3/t12-/m1/s1. The lowest BCUT2D eigenvalue weighted by Crippen LogP contribution is -2.67. The van der Waals surface area contributed by atoms with Crippen LogP contribution in [-0.4, -0.2) is 85.2 Å². The largest absolute Gasteiger partial charge is 0.371 e. The molecule has 1 amide bonds. The minimum atomic E-state index is -0.420. The summed E-state index contributed by atoms with van der Waals surface area (Å²) in [6, 6.07) is 0. The number of halogens is 1. The number of nitrogens with zero attached hydrogens (tertiary/aromatic N) is 5. The first-order valence-corrected chi connectivity index (χ1v) is 8.11. The smallest absolute Gasteiger partial charge is 0.248 e. The van der Waals surface area contributed by atoms with Gasteiger partial charge in [0.1, 0.15) is 6.61 Å². The molecule has 0 aliphatic carbocycles. The van der Waals surface area contributed by atoms with Gasteiger partial charge in [-0.15, -0.1) is 0 Å². The molecule has 0 N–H and O–H groups in total. The van der Waals surface area contributed by atoms with Gasteiger partial charge in [0.15, 0.2) is 5.82 Å². The van der Waals surface area contributed by atoms with E-state index >= 15 is 0 Å². The molecular weight excluding hydrogens is 313 g/mol. The molecule has 24 heavy (non-hydrogen) atoms. The second-order valence-electron chi connectivity index (χ2n) is 7.04. The fourth-order valence-electron chi connectivity index (χ4n) is 3.54. The van der Waals surface area contributed by atoms with Gasteiger partial charge < -0.3 is 14.5 Å². The highest BCUT2D eigenvalue weighted by Crippen LogP contribution is 2.40. The van der Waals surface area contributed by atoms with E-state index in [0.717, 1.165) is 26.1 Å². The van der Waals surface area contributed by atoms with Gasteiger partial charge in [-0.2, -0.15) is 0 Å². The van der Waals surface area contributed by atoms with Crippen LogP contribution in [0.15, 0.2) is 12.4 Å². The van der Waals surface area contributed by atoms with Crippen molar-refractivity contribution < 1.29 is 13.9 Å². The van der Waals surface area contributed by atoms with Crippen molar-refractivity contribution in [2.75, 3.05) is 58.9 Å². The molecule has 1 atom stereocenters. The van der Waals surface area contributed by atoms with E-state index in [1.165, 1.54) is 17.3 Å². The Kier molecular flexibility index (Phi) is 4.69. The van der Waals surface area contributed by atoms with Crippen LogP contribution in [0.3, 0.4) is 0 Å². The average molecular weight is 337 g/mol. The van der Waals surface area contributed by atoms with Crippen molar-refractivity contribution in [3.8, 4) is 0 Å². The zero-order valence-electron chi connectivity index (χ0n) is 14.4. The van der Waals surface area contributed by atoms with Crippen molar-refractivity contribution in [1.82, 2.24) is 19.8 Å². The van der Waals surface area contributed by atoms with Crippen molar-refractivity contribution in [3.63, 3.8) is 0 Å². The summed E-state index contributed by atoms with van der Waals surface area (Å²) in [5.74, 6) is 0.559. The molecule has 0 saturated carbocycles. The summed E-state index contributed by atoms with van der Waals surface area (Å²) in [5, 5.41) is 0. The number of hydrogen-bond acceptors (Lipinski definition) is 6. The Balaban J connectivity index is 1.48. The van der Waals surface area contributed by atoms with Crippen molar-refractivity contribution in [3.05, 3.63) is 18.2 Å². The summed E-state index contributed by atoms with van der Waals surface area (Å²) in [7, 11) is 5.57. The fourth-order valence-corrected chi connectivity index (χ4v) is 3.54. The van der Waals surface area contributed by atoms with Crippen LogP contribution in [0.25, 0.3) is 0 Å². The maximum absolute atomic E-state index is 12.9. The lowest BCUT2D eigenvalue weighted by molar-refractivity contribution is -0.133. The number of ether oxygens (including phenoxy) is 1. The molecule has 0 radical (unpaired) electrons. The van der Waals surface area contributed by atoms with E-state index in [9.17, 15) is 9.18 Å². The molecule has 2 saturated heterocycles. The van der Waals surface area contributed by atoms with Crippen molar-refractivity contribution in [1.29, 1.82) is 0 Å². The van der Waals surface area contributed by atoms with Crippen LogP contribution in [0, 0.1) is 11.7 Å². The molecule has 3 rings (SSSR count). The highest BCUT2D eigenvalue weighted by molar-refractivity contribution is 5.76. The monoisotopic (exact) mass is 337 g/mol. The van der Waals surface area contributed by atoms with Gasteiger partial charge in [0.05, 0.1) is 24.5 Å². The second kappa shape index (κ2) is 6.60. The fraction of sp³-hybridized carbons (Fsp3) is 0.688. The van der Waals surface area contributed by atoms with Crippen LogP contribution >= 0.6 is 0 Å². The predicted octanol–water partition coefficient (Wildman–Crippen LogP) is 0.231. The van der Waals surface area contributed by atoms with E-state index in [2.05, 4.69) is 26.8 Å². The Labute approximate surface area is 141 Å². The Morgan fingerprint density at radius 1 is 1.42 bits per heavy atom. The number of carbonyl (C=O) groups excluding carboxylic acids is 1. The SMILES string of the molecule is CN(C)C(=O)COC[C@H]1CN(C)C2(C1)CN(c1ncc(F)cn1)C2. The van der Waals surface area contributed by atoms with Crippen LogP contribution in [0.5, 0.6) is 0 Å². The first kappa shape index (κ1) is 17.0. The van der Waals surface area contributed by atoms with Crippen molar-refractivity contribution >= 4 is 11.9 Å². The first-order valence-electron chi connectivity index (χ1n) is 8.11. The maximum atomic E-state index is 12.9. The van der Waals surface area contributed by atoms with Gasteiger partial charge in [-0.25, -0.2) is 14.4 Å². The Bertz CT molecular complexity index is 589. The van der Waals surface area contributed by atoms with Crippen molar-refractivity contribution in [2.45, 2.75) is 12.0 Å². The number of likely N-dealkylation sites (N-methyl/N-ethyl adjacent to an activating group) is 2. The quantitative estimate of drug-likeness (QED) is 0.767. The van der Waals surface area contributed by atoms with Gasteiger partial charge >= 0.3 is 0 Å². The molecule has 1 aromatic heterocycles. The van der Waals surface area contributed by atoms with E-state index in [-0.39, 0.29) is 18.1 Å². The number of aromatic nitrogens is 2. The Morgan fingerprint density at radius 3 is 2.71 bits per heavy atom. The number of anilines is 1. The van der Waals surface area contributed by atoms with Crippen molar-refractivity contribution in [2.24, 2.45) is 5.92 Å². The van der Waals surface area contributed by atoms with Gasteiger partial charge in [0.25, 0.3) is 0 Å². The van der Waals surface area contributed by atoms with Gasteiger partial charge in [-0.05, 0) is 19.4 Å². The number of likely N-dealkylation sites (tertiary alicyclic amines) is 1. The summed E-state index contributed by atoms with van der Waals surface area (Å²) >= 11 is 0. The summed E-state index contributed by atoms with van der Waals surface area (Å²) in [5.41, 5.74) is 0.108. The molecule has 0 unspecified atom stereocenters. The molecule has 0 bridgehead atoms. The molecule has 2 fully saturated rings. The number of hydrogen-bond donors (Lipinski definition) is 0. The number of amides is 1. The van der Waals surface area contributed by atoms with Crippen LogP contribution in [0.2, 0.25) is 0 Å². The zero-order chi connectivity index (χ0) is 17.3. The van der Waals surface area contributed by atoms with Gasteiger partial charge in [-0.3, -0.25) is 9.69 Å². The minimum absolute atomic E-state index is 0.0145. The summed E-state index contributed by atoms with van der Waals surface area (Å²) < 4.78 is 18.5. The molecule has 132 valence electrons. The van der Waals surface area contributed by atoms with Crippen LogP contribution in [0.1, 0.15) is 6.42 Å². The maximum Gasteiger partial charge on any atom is 0.248 e. The average Bonchev–Trinajstić information content (AvgIpc) is 2.83. The molecule has 2 aliphatic heterocycles. The Hall–Kier alpha value is -1.80. The normalized spacial score (nSPS) is 22.7. The molecule has 7 nitrogen and oxygen atoms in total. The molecule has 3 heterocycles. The summed E-state index contributed by atoms with van der Waals surface area (Å²) in [6.07, 6.45) is 3.42. The van der Waals surface area contributed by atoms with Crippen LogP contribution in [-0.2, 0) is 9.53 Å². The molecule has 1 spiro atoms. The van der Waals surface area contributed by atoms with Gasteiger partial charge in [0, 0.05) is 33.7 Å². The van der Waals surface area contributed by atoms with Crippen LogP contribution < -0.4 is 4.90 Å². The molecule has 1 aromatic rings. The zero-order valence-corrected chi connectivity index (χ0v) is 14.4. The Morgan fingerprint density at radius 2 is 2.08 bits per heavy atom.